The molecule has 24 heavy (non-hydrogen) atoms. The first-order chi connectivity index (χ1) is 11.7. The smallest absolute Gasteiger partial charge is 0.270 e. The summed E-state index contributed by atoms with van der Waals surface area (Å²) in [5.74, 6) is 1.02. The molecule has 0 aliphatic carbocycles. The number of methoxy groups -OCH3 is 1. The number of aryl methyl sites for hydroxylation is 1. The van der Waals surface area contributed by atoms with Crippen LogP contribution in [0.15, 0.2) is 42.6 Å². The van der Waals surface area contributed by atoms with E-state index in [-0.39, 0.29) is 5.91 Å². The molecule has 1 aromatic carbocycles. The van der Waals surface area contributed by atoms with E-state index in [0.717, 1.165) is 50.6 Å². The highest BCUT2D eigenvalue weighted by atomic mass is 16.5. The van der Waals surface area contributed by atoms with Gasteiger partial charge >= 0.3 is 0 Å². The minimum atomic E-state index is 0.133. The Hall–Kier alpha value is -2.27. The lowest BCUT2D eigenvalue weighted by atomic mass is 10.2. The average Bonchev–Trinajstić information content (AvgIpc) is 2.89. The highest BCUT2D eigenvalue weighted by Crippen LogP contribution is 2.15. The van der Waals surface area contributed by atoms with Crippen LogP contribution in [0.4, 0.5) is 0 Å². The third-order valence-corrected chi connectivity index (χ3v) is 4.60. The van der Waals surface area contributed by atoms with E-state index >= 15 is 0 Å². The van der Waals surface area contributed by atoms with E-state index in [9.17, 15) is 4.79 Å². The second-order valence-corrected chi connectivity index (χ2v) is 6.27. The van der Waals surface area contributed by atoms with Gasteiger partial charge in [-0.3, -0.25) is 9.69 Å². The van der Waals surface area contributed by atoms with Crippen LogP contribution in [0.3, 0.4) is 0 Å². The van der Waals surface area contributed by atoms with Crippen LogP contribution in [0.5, 0.6) is 5.75 Å². The standard InChI is InChI=1S/C19H25N3O2/c1-20-10-3-5-18(20)19(23)22-12-4-11-21(13-14-22)15-16-6-8-17(24-2)9-7-16/h3,5-10H,4,11-15H2,1-2H3. The monoisotopic (exact) mass is 327 g/mol. The lowest BCUT2D eigenvalue weighted by Gasteiger charge is -2.22. The maximum atomic E-state index is 12.6. The molecule has 1 amide bonds. The van der Waals surface area contributed by atoms with Gasteiger partial charge in [0.25, 0.3) is 5.91 Å². The molecule has 1 aliphatic rings. The Morgan fingerprint density at radius 2 is 1.88 bits per heavy atom. The molecule has 2 aromatic rings. The van der Waals surface area contributed by atoms with Crippen LogP contribution in [0.25, 0.3) is 0 Å². The third-order valence-electron chi connectivity index (χ3n) is 4.60. The first-order valence-electron chi connectivity index (χ1n) is 8.43. The number of hydrogen-bond donors (Lipinski definition) is 0. The molecule has 5 heteroatoms. The van der Waals surface area contributed by atoms with Gasteiger partial charge in [0.05, 0.1) is 7.11 Å². The fraction of sp³-hybridized carbons (Fsp3) is 0.421. The zero-order valence-corrected chi connectivity index (χ0v) is 14.4. The van der Waals surface area contributed by atoms with E-state index in [1.165, 1.54) is 5.56 Å². The molecule has 0 N–H and O–H groups in total. The summed E-state index contributed by atoms with van der Waals surface area (Å²) in [6.07, 6.45) is 2.92. The molecule has 128 valence electrons. The lowest BCUT2D eigenvalue weighted by molar-refractivity contribution is 0.0751. The molecule has 5 nitrogen and oxygen atoms in total. The van der Waals surface area contributed by atoms with Crippen LogP contribution in [0.2, 0.25) is 0 Å². The fourth-order valence-corrected chi connectivity index (χ4v) is 3.17. The van der Waals surface area contributed by atoms with Crippen LogP contribution in [-0.2, 0) is 13.6 Å². The molecule has 1 saturated heterocycles. The molecule has 1 fully saturated rings. The zero-order chi connectivity index (χ0) is 16.9. The Balaban J connectivity index is 1.58. The van der Waals surface area contributed by atoms with E-state index in [4.69, 9.17) is 4.74 Å². The molecular formula is C19H25N3O2. The molecule has 1 aliphatic heterocycles. The van der Waals surface area contributed by atoms with Crippen molar-refractivity contribution in [3.05, 3.63) is 53.9 Å². The highest BCUT2D eigenvalue weighted by molar-refractivity contribution is 5.92. The zero-order valence-electron chi connectivity index (χ0n) is 14.4. The number of carbonyl (C=O) groups excluding carboxylic acids is 1. The van der Waals surface area contributed by atoms with E-state index in [0.29, 0.717) is 0 Å². The fourth-order valence-electron chi connectivity index (χ4n) is 3.17. The number of aromatic nitrogens is 1. The number of rotatable bonds is 4. The van der Waals surface area contributed by atoms with Crippen molar-refractivity contribution in [2.45, 2.75) is 13.0 Å². The van der Waals surface area contributed by atoms with Gasteiger partial charge in [-0.2, -0.15) is 0 Å². The van der Waals surface area contributed by atoms with Crippen LogP contribution >= 0.6 is 0 Å². The maximum Gasteiger partial charge on any atom is 0.270 e. The van der Waals surface area contributed by atoms with Gasteiger partial charge < -0.3 is 14.2 Å². The predicted octanol–water partition coefficient (Wildman–Crippen LogP) is 2.38. The molecule has 0 unspecified atom stereocenters. The Labute approximate surface area is 143 Å². The summed E-state index contributed by atoms with van der Waals surface area (Å²) in [6, 6.07) is 12.0. The largest absolute Gasteiger partial charge is 0.497 e. The Bertz CT molecular complexity index is 678. The number of ether oxygens (including phenoxy) is 1. The predicted molar refractivity (Wildman–Crippen MR) is 94.2 cm³/mol. The number of nitrogens with zero attached hydrogens (tertiary/aromatic N) is 3. The van der Waals surface area contributed by atoms with Crippen molar-refractivity contribution in [2.75, 3.05) is 33.3 Å². The number of benzene rings is 1. The molecule has 3 rings (SSSR count). The van der Waals surface area contributed by atoms with Crippen LogP contribution in [-0.4, -0.2) is 53.6 Å². The Morgan fingerprint density at radius 1 is 1.08 bits per heavy atom. The summed E-state index contributed by atoms with van der Waals surface area (Å²) < 4.78 is 7.10. The molecular weight excluding hydrogens is 302 g/mol. The topological polar surface area (TPSA) is 37.7 Å². The summed E-state index contributed by atoms with van der Waals surface area (Å²) in [5.41, 5.74) is 2.04. The van der Waals surface area contributed by atoms with Crippen molar-refractivity contribution in [2.24, 2.45) is 7.05 Å². The van der Waals surface area contributed by atoms with Crippen molar-refractivity contribution >= 4 is 5.91 Å². The maximum absolute atomic E-state index is 12.6. The highest BCUT2D eigenvalue weighted by Gasteiger charge is 2.21. The van der Waals surface area contributed by atoms with Crippen LogP contribution < -0.4 is 4.74 Å². The Morgan fingerprint density at radius 3 is 2.54 bits per heavy atom. The first-order valence-corrected chi connectivity index (χ1v) is 8.43. The van der Waals surface area contributed by atoms with Crippen molar-refractivity contribution in [3.63, 3.8) is 0 Å². The number of amides is 1. The van der Waals surface area contributed by atoms with Crippen LogP contribution in [0.1, 0.15) is 22.5 Å². The lowest BCUT2D eigenvalue weighted by Crippen LogP contribution is -2.35. The number of carbonyl (C=O) groups is 1. The van der Waals surface area contributed by atoms with E-state index in [1.807, 2.05) is 47.0 Å². The molecule has 0 saturated carbocycles. The van der Waals surface area contributed by atoms with Crippen molar-refractivity contribution in [1.82, 2.24) is 14.4 Å². The van der Waals surface area contributed by atoms with Gasteiger partial charge in [0.15, 0.2) is 0 Å². The molecule has 0 radical (unpaired) electrons. The normalized spacial score (nSPS) is 16.0. The number of hydrogen-bond acceptors (Lipinski definition) is 3. The van der Waals surface area contributed by atoms with Crippen molar-refractivity contribution < 1.29 is 9.53 Å². The van der Waals surface area contributed by atoms with Gasteiger partial charge in [0.1, 0.15) is 11.4 Å². The van der Waals surface area contributed by atoms with E-state index in [1.54, 1.807) is 7.11 Å². The van der Waals surface area contributed by atoms with Gasteiger partial charge in [-0.15, -0.1) is 0 Å². The SMILES string of the molecule is COc1ccc(CN2CCCN(C(=O)c3cccn3C)CC2)cc1. The Kier molecular flexibility index (Phi) is 5.20. The summed E-state index contributed by atoms with van der Waals surface area (Å²) in [7, 11) is 3.60. The summed E-state index contributed by atoms with van der Waals surface area (Å²) in [4.78, 5) is 17.0. The summed E-state index contributed by atoms with van der Waals surface area (Å²) in [5, 5.41) is 0. The minimum absolute atomic E-state index is 0.133. The summed E-state index contributed by atoms with van der Waals surface area (Å²) >= 11 is 0. The van der Waals surface area contributed by atoms with Gasteiger partial charge in [-0.05, 0) is 36.2 Å². The molecule has 0 bridgehead atoms. The van der Waals surface area contributed by atoms with Gasteiger partial charge in [0, 0.05) is 46.0 Å². The quantitative estimate of drug-likeness (QED) is 0.865. The van der Waals surface area contributed by atoms with E-state index in [2.05, 4.69) is 17.0 Å². The van der Waals surface area contributed by atoms with Crippen molar-refractivity contribution in [3.8, 4) is 5.75 Å². The molecule has 2 heterocycles. The van der Waals surface area contributed by atoms with Crippen molar-refractivity contribution in [1.29, 1.82) is 0 Å². The second-order valence-electron chi connectivity index (χ2n) is 6.27. The van der Waals surface area contributed by atoms with Gasteiger partial charge in [0.2, 0.25) is 0 Å². The van der Waals surface area contributed by atoms with Gasteiger partial charge in [-0.25, -0.2) is 0 Å². The second kappa shape index (κ2) is 7.53. The van der Waals surface area contributed by atoms with E-state index < -0.39 is 0 Å². The molecule has 0 atom stereocenters. The first kappa shape index (κ1) is 16.6. The van der Waals surface area contributed by atoms with Crippen LogP contribution in [0, 0.1) is 0 Å². The molecule has 1 aromatic heterocycles. The summed E-state index contributed by atoms with van der Waals surface area (Å²) in [6.45, 7) is 4.44. The third kappa shape index (κ3) is 3.79. The average molecular weight is 327 g/mol. The molecule has 0 spiro atoms. The minimum Gasteiger partial charge on any atom is -0.497 e. The van der Waals surface area contributed by atoms with Gasteiger partial charge in [-0.1, -0.05) is 12.1 Å².